The van der Waals surface area contributed by atoms with Crippen molar-refractivity contribution in [3.63, 3.8) is 0 Å². The maximum absolute atomic E-state index is 4.45. The van der Waals surface area contributed by atoms with Gasteiger partial charge < -0.3 is 4.81 Å². The number of allylic oxidation sites excluding steroid dienone is 1. The number of rotatable bonds is 3. The predicted octanol–water partition coefficient (Wildman–Crippen LogP) is 3.08. The maximum Gasteiger partial charge on any atom is 0.474 e. The Morgan fingerprint density at radius 2 is 2.05 bits per heavy atom. The Labute approximate surface area is 135 Å². The molecule has 0 radical (unpaired) electrons. The molecule has 2 atom stereocenters. The third-order valence-electron chi connectivity index (χ3n) is 6.42. The molecule has 0 aromatic carbocycles. The molecule has 3 heterocycles. The van der Waals surface area contributed by atoms with Crippen molar-refractivity contribution in [2.75, 3.05) is 24.9 Å². The number of nitrogens with zero attached hydrogens (tertiary/aromatic N) is 3. The number of likely N-dealkylation sites (N-methyl/N-ethyl adjacent to an activating group) is 1. The van der Waals surface area contributed by atoms with E-state index in [0.717, 1.165) is 25.9 Å². The summed E-state index contributed by atoms with van der Waals surface area (Å²) < 4.78 is 2.51. The van der Waals surface area contributed by atoms with Crippen LogP contribution >= 0.6 is 0 Å². The summed E-state index contributed by atoms with van der Waals surface area (Å²) in [5.74, 6) is 1.34. The highest BCUT2D eigenvalue weighted by molar-refractivity contribution is 6.65. The fourth-order valence-corrected chi connectivity index (χ4v) is 5.34. The SMILES string of the molecule is C=C(C)C1(CC)[n+]2ccccc2N2CCN(C)B2C1(C)CC. The van der Waals surface area contributed by atoms with Crippen LogP contribution in [0, 0.1) is 0 Å². The summed E-state index contributed by atoms with van der Waals surface area (Å²) in [7, 11) is 2.27. The van der Waals surface area contributed by atoms with E-state index in [-0.39, 0.29) is 10.9 Å². The molecule has 2 unspecified atom stereocenters. The van der Waals surface area contributed by atoms with E-state index in [4.69, 9.17) is 0 Å². The summed E-state index contributed by atoms with van der Waals surface area (Å²) in [6.45, 7) is 16.5. The second-order valence-electron chi connectivity index (χ2n) is 7.24. The smallest absolute Gasteiger partial charge is 0.308 e. The first-order chi connectivity index (χ1) is 10.4. The highest BCUT2D eigenvalue weighted by Gasteiger charge is 2.69. The van der Waals surface area contributed by atoms with Crippen molar-refractivity contribution in [3.8, 4) is 0 Å². The molecule has 2 aliphatic heterocycles. The minimum Gasteiger partial charge on any atom is -0.308 e. The lowest BCUT2D eigenvalue weighted by molar-refractivity contribution is -0.752. The van der Waals surface area contributed by atoms with Crippen molar-refractivity contribution in [1.82, 2.24) is 4.81 Å². The molecule has 3 rings (SSSR count). The molecule has 22 heavy (non-hydrogen) atoms. The van der Waals surface area contributed by atoms with E-state index in [1.807, 2.05) is 0 Å². The van der Waals surface area contributed by atoms with Gasteiger partial charge in [-0.1, -0.05) is 33.4 Å². The Balaban J connectivity index is 2.36. The van der Waals surface area contributed by atoms with E-state index >= 15 is 0 Å². The van der Waals surface area contributed by atoms with Crippen LogP contribution < -0.4 is 9.38 Å². The zero-order chi connectivity index (χ0) is 16.1. The van der Waals surface area contributed by atoms with Gasteiger partial charge >= 0.3 is 6.98 Å². The van der Waals surface area contributed by atoms with Crippen LogP contribution in [0.25, 0.3) is 0 Å². The Morgan fingerprint density at radius 1 is 1.32 bits per heavy atom. The van der Waals surface area contributed by atoms with E-state index in [1.54, 1.807) is 0 Å². The van der Waals surface area contributed by atoms with Crippen molar-refractivity contribution in [1.29, 1.82) is 0 Å². The molecular weight excluding hydrogens is 269 g/mol. The van der Waals surface area contributed by atoms with E-state index in [1.165, 1.54) is 11.4 Å². The van der Waals surface area contributed by atoms with Gasteiger partial charge in [-0.2, -0.15) is 0 Å². The van der Waals surface area contributed by atoms with E-state index in [0.29, 0.717) is 6.98 Å². The Bertz CT molecular complexity index is 602. The first kappa shape index (κ1) is 15.6. The third kappa shape index (κ3) is 1.65. The maximum atomic E-state index is 4.45. The van der Waals surface area contributed by atoms with Crippen LogP contribution in [0.1, 0.15) is 40.5 Å². The minimum atomic E-state index is -0.0297. The number of anilines is 1. The molecule has 0 aliphatic carbocycles. The number of pyridine rings is 1. The van der Waals surface area contributed by atoms with Gasteiger partial charge in [0.1, 0.15) is 5.54 Å². The predicted molar refractivity (Wildman–Crippen MR) is 94.1 cm³/mol. The summed E-state index contributed by atoms with van der Waals surface area (Å²) in [5.41, 5.74) is 1.25. The van der Waals surface area contributed by atoms with Crippen LogP contribution in [0.15, 0.2) is 36.5 Å². The average molecular weight is 298 g/mol. The highest BCUT2D eigenvalue weighted by Crippen LogP contribution is 2.57. The van der Waals surface area contributed by atoms with Crippen LogP contribution in [-0.2, 0) is 5.54 Å². The number of fused-ring (bicyclic) bond motifs is 3. The first-order valence-electron chi connectivity index (χ1n) is 8.58. The monoisotopic (exact) mass is 298 g/mol. The van der Waals surface area contributed by atoms with Gasteiger partial charge in [0.05, 0.1) is 18.1 Å². The average Bonchev–Trinajstić information content (AvgIpc) is 2.90. The fraction of sp³-hybridized carbons (Fsp3) is 0.611. The molecule has 0 N–H and O–H groups in total. The third-order valence-corrected chi connectivity index (χ3v) is 6.42. The molecule has 0 amide bonds. The van der Waals surface area contributed by atoms with Crippen molar-refractivity contribution < 1.29 is 4.57 Å². The molecule has 0 spiro atoms. The van der Waals surface area contributed by atoms with Crippen LogP contribution in [-0.4, -0.2) is 31.9 Å². The molecule has 1 saturated heterocycles. The van der Waals surface area contributed by atoms with Gasteiger partial charge in [0, 0.05) is 12.6 Å². The zero-order valence-corrected chi connectivity index (χ0v) is 14.8. The Morgan fingerprint density at radius 3 is 2.64 bits per heavy atom. The van der Waals surface area contributed by atoms with Crippen LogP contribution in [0.5, 0.6) is 0 Å². The normalized spacial score (nSPS) is 31.1. The lowest BCUT2D eigenvalue weighted by atomic mass is 9.38. The number of aromatic nitrogens is 1. The molecule has 3 nitrogen and oxygen atoms in total. The van der Waals surface area contributed by atoms with Gasteiger partial charge in [0.2, 0.25) is 0 Å². The summed E-state index contributed by atoms with van der Waals surface area (Å²) >= 11 is 0. The molecule has 1 fully saturated rings. The molecular formula is C18H29BN3+. The topological polar surface area (TPSA) is 10.4 Å². The van der Waals surface area contributed by atoms with Gasteiger partial charge in [-0.3, -0.25) is 4.81 Å². The van der Waals surface area contributed by atoms with Crippen LogP contribution in [0.2, 0.25) is 5.31 Å². The number of hydrogen-bond donors (Lipinski definition) is 0. The van der Waals surface area contributed by atoms with E-state index < -0.39 is 0 Å². The van der Waals surface area contributed by atoms with Crippen molar-refractivity contribution >= 4 is 12.8 Å². The Hall–Kier alpha value is -1.29. The quantitative estimate of drug-likeness (QED) is 0.482. The molecule has 4 heteroatoms. The lowest BCUT2D eigenvalue weighted by Gasteiger charge is -2.53. The summed E-state index contributed by atoms with van der Waals surface area (Å²) in [6.07, 6.45) is 4.48. The van der Waals surface area contributed by atoms with Gasteiger partial charge in [-0.05, 0) is 38.5 Å². The second kappa shape index (κ2) is 5.12. The first-order valence-corrected chi connectivity index (χ1v) is 8.58. The van der Waals surface area contributed by atoms with Crippen molar-refractivity contribution in [2.45, 2.75) is 51.4 Å². The van der Waals surface area contributed by atoms with Gasteiger partial charge in [0.25, 0.3) is 5.82 Å². The molecule has 0 bridgehead atoms. The van der Waals surface area contributed by atoms with Crippen molar-refractivity contribution in [2.24, 2.45) is 0 Å². The fourth-order valence-electron chi connectivity index (χ4n) is 5.34. The zero-order valence-electron chi connectivity index (χ0n) is 14.8. The minimum absolute atomic E-state index is 0.0297. The van der Waals surface area contributed by atoms with Crippen molar-refractivity contribution in [3.05, 3.63) is 36.5 Å². The molecule has 118 valence electrons. The standard InChI is InChI=1S/C18H29BN3/c1-7-17(5)18(8-2,15(3)4)21-12-10-9-11-16(21)22-14-13-20(6)19(17)22/h9-12H,3,7-8,13-14H2,1-2,4-6H3/q+1. The summed E-state index contributed by atoms with van der Waals surface area (Å²) in [6, 6.07) is 6.59. The molecule has 2 aliphatic rings. The lowest BCUT2D eigenvalue weighted by Crippen LogP contribution is -2.75. The highest BCUT2D eigenvalue weighted by atomic mass is 15.4. The Kier molecular flexibility index (Phi) is 3.63. The summed E-state index contributed by atoms with van der Waals surface area (Å²) in [4.78, 5) is 5.13. The molecule has 1 aromatic rings. The largest absolute Gasteiger partial charge is 0.474 e. The summed E-state index contributed by atoms with van der Waals surface area (Å²) in [5, 5.41) is 0.137. The van der Waals surface area contributed by atoms with E-state index in [2.05, 4.69) is 79.9 Å². The van der Waals surface area contributed by atoms with E-state index in [9.17, 15) is 0 Å². The van der Waals surface area contributed by atoms with Crippen LogP contribution in [0.4, 0.5) is 5.82 Å². The number of hydrogen-bond acceptors (Lipinski definition) is 2. The van der Waals surface area contributed by atoms with Gasteiger partial charge in [-0.15, -0.1) is 0 Å². The molecule has 0 saturated carbocycles. The van der Waals surface area contributed by atoms with Gasteiger partial charge in [-0.25, -0.2) is 4.57 Å². The van der Waals surface area contributed by atoms with Crippen LogP contribution in [0.3, 0.4) is 0 Å². The van der Waals surface area contributed by atoms with Gasteiger partial charge in [0.15, 0.2) is 0 Å². The molecule has 1 aromatic heterocycles. The second-order valence-corrected chi connectivity index (χ2v) is 7.24.